The average molecular weight is 210 g/mol. The van der Waals surface area contributed by atoms with Crippen LogP contribution in [-0.4, -0.2) is 9.59 Å². The minimum Gasteiger partial charge on any atom is -0.467 e. The van der Waals surface area contributed by atoms with Crippen molar-refractivity contribution >= 4 is 11.5 Å². The highest BCUT2D eigenvalue weighted by molar-refractivity contribution is 7.05. The molecule has 1 unspecified atom stereocenters. The summed E-state index contributed by atoms with van der Waals surface area (Å²) in [5.41, 5.74) is 3.55. The molecule has 2 aromatic rings. The smallest absolute Gasteiger partial charge is 0.127 e. The van der Waals surface area contributed by atoms with Crippen LogP contribution in [0.15, 0.2) is 22.8 Å². The summed E-state index contributed by atoms with van der Waals surface area (Å²) < 4.78 is 9.13. The maximum Gasteiger partial charge on any atom is 0.127 e. The Morgan fingerprint density at radius 1 is 1.64 bits per heavy atom. The molecule has 0 aromatic carbocycles. The number of hydrogen-bond donors (Lipinski definition) is 2. The SMILES string of the molecule is Cc1nnsc1C(NN)c1ccco1. The van der Waals surface area contributed by atoms with Crippen molar-refractivity contribution in [2.75, 3.05) is 0 Å². The number of hydrogen-bond acceptors (Lipinski definition) is 6. The fourth-order valence-electron chi connectivity index (χ4n) is 1.25. The molecule has 3 N–H and O–H groups in total. The molecular weight excluding hydrogens is 200 g/mol. The molecule has 0 aliphatic rings. The first kappa shape index (κ1) is 9.32. The van der Waals surface area contributed by atoms with Crippen molar-refractivity contribution in [2.45, 2.75) is 13.0 Å². The molecule has 0 saturated carbocycles. The lowest BCUT2D eigenvalue weighted by Gasteiger charge is -2.10. The van der Waals surface area contributed by atoms with Crippen LogP contribution in [0.25, 0.3) is 0 Å². The summed E-state index contributed by atoms with van der Waals surface area (Å²) in [6.45, 7) is 1.89. The first-order chi connectivity index (χ1) is 6.83. The second kappa shape index (κ2) is 3.87. The van der Waals surface area contributed by atoms with E-state index in [1.54, 1.807) is 6.26 Å². The molecule has 14 heavy (non-hydrogen) atoms. The standard InChI is InChI=1S/C8H10N4OS/c1-5-8(14-12-11-5)7(10-9)6-3-2-4-13-6/h2-4,7,10H,9H2,1H3. The van der Waals surface area contributed by atoms with Crippen molar-refractivity contribution in [1.29, 1.82) is 0 Å². The minimum atomic E-state index is -0.162. The number of aromatic nitrogens is 2. The number of hydrazine groups is 1. The molecule has 5 nitrogen and oxygen atoms in total. The molecule has 0 bridgehead atoms. The van der Waals surface area contributed by atoms with E-state index in [1.807, 2.05) is 19.1 Å². The van der Waals surface area contributed by atoms with Crippen LogP contribution in [0.5, 0.6) is 0 Å². The van der Waals surface area contributed by atoms with Gasteiger partial charge in [0.25, 0.3) is 0 Å². The van der Waals surface area contributed by atoms with Crippen molar-refractivity contribution in [3.05, 3.63) is 34.7 Å². The molecule has 1 atom stereocenters. The number of aryl methyl sites for hydroxylation is 1. The Hall–Kier alpha value is -1.24. The summed E-state index contributed by atoms with van der Waals surface area (Å²) >= 11 is 1.32. The molecule has 0 aliphatic carbocycles. The van der Waals surface area contributed by atoms with Crippen molar-refractivity contribution < 1.29 is 4.42 Å². The van der Waals surface area contributed by atoms with Crippen molar-refractivity contribution in [3.63, 3.8) is 0 Å². The topological polar surface area (TPSA) is 77.0 Å². The van der Waals surface area contributed by atoms with Crippen molar-refractivity contribution in [1.82, 2.24) is 15.0 Å². The summed E-state index contributed by atoms with van der Waals surface area (Å²) in [6, 6.07) is 3.53. The van der Waals surface area contributed by atoms with Gasteiger partial charge in [-0.3, -0.25) is 5.84 Å². The summed E-state index contributed by atoms with van der Waals surface area (Å²) in [5, 5.41) is 3.93. The minimum absolute atomic E-state index is 0.162. The predicted molar refractivity (Wildman–Crippen MR) is 52.5 cm³/mol. The third kappa shape index (κ3) is 1.54. The monoisotopic (exact) mass is 210 g/mol. The van der Waals surface area contributed by atoms with Gasteiger partial charge in [0.05, 0.1) is 16.8 Å². The molecule has 0 radical (unpaired) electrons. The van der Waals surface area contributed by atoms with E-state index in [1.165, 1.54) is 11.5 Å². The van der Waals surface area contributed by atoms with Crippen LogP contribution in [0.2, 0.25) is 0 Å². The normalized spacial score (nSPS) is 13.0. The van der Waals surface area contributed by atoms with Crippen LogP contribution in [0.3, 0.4) is 0 Å². The van der Waals surface area contributed by atoms with E-state index in [9.17, 15) is 0 Å². The van der Waals surface area contributed by atoms with Crippen LogP contribution < -0.4 is 11.3 Å². The Morgan fingerprint density at radius 3 is 3.00 bits per heavy atom. The maximum absolute atomic E-state index is 5.47. The molecule has 2 rings (SSSR count). The molecule has 0 amide bonds. The highest BCUT2D eigenvalue weighted by Gasteiger charge is 2.19. The second-order valence-corrected chi connectivity index (χ2v) is 3.62. The lowest BCUT2D eigenvalue weighted by Crippen LogP contribution is -2.28. The zero-order valence-electron chi connectivity index (χ0n) is 7.60. The second-order valence-electron chi connectivity index (χ2n) is 2.84. The largest absolute Gasteiger partial charge is 0.467 e. The fraction of sp³-hybridized carbons (Fsp3) is 0.250. The summed E-state index contributed by atoms with van der Waals surface area (Å²) in [6.07, 6.45) is 1.61. The first-order valence-electron chi connectivity index (χ1n) is 4.11. The third-order valence-electron chi connectivity index (χ3n) is 1.94. The van der Waals surface area contributed by atoms with Crippen LogP contribution in [0.4, 0.5) is 0 Å². The van der Waals surface area contributed by atoms with Crippen LogP contribution in [0, 0.1) is 6.92 Å². The van der Waals surface area contributed by atoms with E-state index >= 15 is 0 Å². The number of furan rings is 1. The fourth-order valence-corrected chi connectivity index (χ4v) is 1.96. The highest BCUT2D eigenvalue weighted by atomic mass is 32.1. The van der Waals surface area contributed by atoms with E-state index in [2.05, 4.69) is 15.0 Å². The first-order valence-corrected chi connectivity index (χ1v) is 4.88. The number of rotatable bonds is 3. The molecule has 6 heteroatoms. The third-order valence-corrected chi connectivity index (χ3v) is 2.83. The van der Waals surface area contributed by atoms with Crippen molar-refractivity contribution in [2.24, 2.45) is 5.84 Å². The zero-order valence-corrected chi connectivity index (χ0v) is 8.41. The quantitative estimate of drug-likeness (QED) is 0.583. The van der Waals surface area contributed by atoms with E-state index in [0.29, 0.717) is 0 Å². The van der Waals surface area contributed by atoms with Gasteiger partial charge >= 0.3 is 0 Å². The molecule has 74 valence electrons. The average Bonchev–Trinajstić information content (AvgIpc) is 2.80. The van der Waals surface area contributed by atoms with Crippen LogP contribution >= 0.6 is 11.5 Å². The summed E-state index contributed by atoms with van der Waals surface area (Å²) in [7, 11) is 0. The Bertz CT molecular complexity index is 397. The number of nitrogens with two attached hydrogens (primary N) is 1. The lowest BCUT2D eigenvalue weighted by atomic mass is 10.2. The Kier molecular flexibility index (Phi) is 2.58. The van der Waals surface area contributed by atoms with E-state index in [0.717, 1.165) is 16.3 Å². The van der Waals surface area contributed by atoms with Gasteiger partial charge in [0, 0.05) is 0 Å². The van der Waals surface area contributed by atoms with Gasteiger partial charge in [-0.05, 0) is 30.6 Å². The van der Waals surface area contributed by atoms with Gasteiger partial charge in [0.1, 0.15) is 11.8 Å². The van der Waals surface area contributed by atoms with E-state index < -0.39 is 0 Å². The van der Waals surface area contributed by atoms with Gasteiger partial charge in [0.2, 0.25) is 0 Å². The maximum atomic E-state index is 5.47. The van der Waals surface area contributed by atoms with Gasteiger partial charge in [-0.2, -0.15) is 0 Å². The molecule has 0 aliphatic heterocycles. The van der Waals surface area contributed by atoms with Crippen LogP contribution in [0.1, 0.15) is 22.4 Å². The molecule has 0 saturated heterocycles. The summed E-state index contributed by atoms with van der Waals surface area (Å²) in [5.74, 6) is 6.23. The van der Waals surface area contributed by atoms with E-state index in [4.69, 9.17) is 10.3 Å². The molecular formula is C8H10N4OS. The Labute approximate surface area is 85.1 Å². The molecule has 0 spiro atoms. The van der Waals surface area contributed by atoms with Gasteiger partial charge in [-0.25, -0.2) is 5.43 Å². The number of nitrogens with zero attached hydrogens (tertiary/aromatic N) is 2. The van der Waals surface area contributed by atoms with Crippen molar-refractivity contribution in [3.8, 4) is 0 Å². The highest BCUT2D eigenvalue weighted by Crippen LogP contribution is 2.25. The van der Waals surface area contributed by atoms with Gasteiger partial charge in [-0.1, -0.05) is 4.49 Å². The van der Waals surface area contributed by atoms with Gasteiger partial charge < -0.3 is 4.42 Å². The predicted octanol–water partition coefficient (Wildman–Crippen LogP) is 0.992. The van der Waals surface area contributed by atoms with Crippen LogP contribution in [-0.2, 0) is 0 Å². The Morgan fingerprint density at radius 2 is 2.50 bits per heavy atom. The van der Waals surface area contributed by atoms with E-state index in [-0.39, 0.29) is 6.04 Å². The Balaban J connectivity index is 2.36. The summed E-state index contributed by atoms with van der Waals surface area (Å²) in [4.78, 5) is 0.974. The van der Waals surface area contributed by atoms with Gasteiger partial charge in [-0.15, -0.1) is 5.10 Å². The lowest BCUT2D eigenvalue weighted by molar-refractivity contribution is 0.454. The van der Waals surface area contributed by atoms with Gasteiger partial charge in [0.15, 0.2) is 0 Å². The molecule has 2 heterocycles. The molecule has 0 fully saturated rings. The number of nitrogens with one attached hydrogen (secondary N) is 1. The molecule has 2 aromatic heterocycles. The zero-order chi connectivity index (χ0) is 9.97.